The van der Waals surface area contributed by atoms with Crippen LogP contribution in [0.5, 0.6) is 0 Å². The molecule has 0 spiro atoms. The second-order valence-corrected chi connectivity index (χ2v) is 5.64. The van der Waals surface area contributed by atoms with Crippen LogP contribution in [-0.4, -0.2) is 24.9 Å². The van der Waals surface area contributed by atoms with Crippen molar-refractivity contribution in [1.82, 2.24) is 4.90 Å². The van der Waals surface area contributed by atoms with Crippen LogP contribution in [0.4, 0.5) is 5.69 Å². The molecule has 1 atom stereocenters. The van der Waals surface area contributed by atoms with Crippen molar-refractivity contribution in [3.8, 4) is 0 Å². The molecule has 3 nitrogen and oxygen atoms in total. The van der Waals surface area contributed by atoms with Gasteiger partial charge >= 0.3 is 0 Å². The third-order valence-electron chi connectivity index (χ3n) is 3.25. The highest BCUT2D eigenvalue weighted by Crippen LogP contribution is 2.22. The Morgan fingerprint density at radius 1 is 1.14 bits per heavy atom. The van der Waals surface area contributed by atoms with E-state index in [1.165, 1.54) is 0 Å². The molecule has 1 amide bonds. The summed E-state index contributed by atoms with van der Waals surface area (Å²) in [6.07, 6.45) is 0. The van der Waals surface area contributed by atoms with E-state index >= 15 is 0 Å². The van der Waals surface area contributed by atoms with Crippen LogP contribution in [0.1, 0.15) is 28.9 Å². The summed E-state index contributed by atoms with van der Waals surface area (Å²) in [6, 6.07) is 15.4. The number of hydrogen-bond acceptors (Lipinski definition) is 2. The lowest BCUT2D eigenvalue weighted by Gasteiger charge is -2.17. The summed E-state index contributed by atoms with van der Waals surface area (Å²) in [6.45, 7) is 2.06. The van der Waals surface area contributed by atoms with Crippen LogP contribution in [0.3, 0.4) is 0 Å². The summed E-state index contributed by atoms with van der Waals surface area (Å²) in [5.74, 6) is -0.00550. The van der Waals surface area contributed by atoms with E-state index in [1.54, 1.807) is 19.0 Å². The smallest absolute Gasteiger partial charge is 0.253 e. The molecule has 2 aromatic carbocycles. The Morgan fingerprint density at radius 3 is 2.52 bits per heavy atom. The molecule has 0 heterocycles. The number of carbonyl (C=O) groups is 1. The van der Waals surface area contributed by atoms with Gasteiger partial charge in [-0.3, -0.25) is 4.79 Å². The van der Waals surface area contributed by atoms with Crippen LogP contribution >= 0.6 is 11.6 Å². The molecule has 4 heteroatoms. The van der Waals surface area contributed by atoms with Gasteiger partial charge in [0, 0.05) is 36.4 Å². The summed E-state index contributed by atoms with van der Waals surface area (Å²) >= 11 is 6.02. The minimum atomic E-state index is -0.00550. The average Bonchev–Trinajstić information content (AvgIpc) is 2.46. The Balaban J connectivity index is 2.16. The van der Waals surface area contributed by atoms with Crippen molar-refractivity contribution in [1.29, 1.82) is 0 Å². The Morgan fingerprint density at radius 2 is 1.86 bits per heavy atom. The predicted octanol–water partition coefficient (Wildman–Crippen LogP) is 4.21. The molecule has 2 rings (SSSR count). The number of carbonyl (C=O) groups excluding carboxylic acids is 1. The van der Waals surface area contributed by atoms with Crippen molar-refractivity contribution in [2.24, 2.45) is 0 Å². The lowest BCUT2D eigenvalue weighted by molar-refractivity contribution is 0.0827. The van der Waals surface area contributed by atoms with Crippen LogP contribution < -0.4 is 5.32 Å². The maximum Gasteiger partial charge on any atom is 0.253 e. The first-order chi connectivity index (χ1) is 9.97. The number of nitrogens with zero attached hydrogens (tertiary/aromatic N) is 1. The van der Waals surface area contributed by atoms with Crippen molar-refractivity contribution in [3.63, 3.8) is 0 Å². The molecule has 0 aliphatic carbocycles. The third-order valence-corrected chi connectivity index (χ3v) is 3.48. The highest BCUT2D eigenvalue weighted by atomic mass is 35.5. The second-order valence-electron chi connectivity index (χ2n) is 5.20. The number of halogens is 1. The number of anilines is 1. The van der Waals surface area contributed by atoms with Crippen LogP contribution in [0, 0.1) is 0 Å². The van der Waals surface area contributed by atoms with Crippen LogP contribution in [-0.2, 0) is 0 Å². The maximum absolute atomic E-state index is 12.0. The first-order valence-electron chi connectivity index (χ1n) is 6.81. The Bertz CT molecular complexity index is 640. The molecule has 1 unspecified atom stereocenters. The van der Waals surface area contributed by atoms with E-state index in [-0.39, 0.29) is 11.9 Å². The number of nitrogens with one attached hydrogen (secondary N) is 1. The van der Waals surface area contributed by atoms with E-state index in [0.29, 0.717) is 5.56 Å². The molecular weight excluding hydrogens is 284 g/mol. The van der Waals surface area contributed by atoms with Crippen molar-refractivity contribution in [2.75, 3.05) is 19.4 Å². The zero-order valence-corrected chi connectivity index (χ0v) is 13.2. The van der Waals surface area contributed by atoms with Gasteiger partial charge < -0.3 is 10.2 Å². The first kappa shape index (κ1) is 15.4. The summed E-state index contributed by atoms with van der Waals surface area (Å²) in [5, 5.41) is 4.11. The number of amides is 1. The van der Waals surface area contributed by atoms with Gasteiger partial charge in [-0.1, -0.05) is 29.8 Å². The quantitative estimate of drug-likeness (QED) is 0.917. The fourth-order valence-electron chi connectivity index (χ4n) is 2.11. The largest absolute Gasteiger partial charge is 0.379 e. The normalized spacial score (nSPS) is 11.8. The van der Waals surface area contributed by atoms with Crippen molar-refractivity contribution in [2.45, 2.75) is 13.0 Å². The molecule has 0 fully saturated rings. The molecule has 1 N–H and O–H groups in total. The van der Waals surface area contributed by atoms with Gasteiger partial charge in [0.05, 0.1) is 0 Å². The summed E-state index contributed by atoms with van der Waals surface area (Å²) in [5.41, 5.74) is 2.69. The zero-order chi connectivity index (χ0) is 15.4. The lowest BCUT2D eigenvalue weighted by Crippen LogP contribution is -2.21. The molecule has 0 bridgehead atoms. The fraction of sp³-hybridized carbons (Fsp3) is 0.235. The summed E-state index contributed by atoms with van der Waals surface area (Å²) in [4.78, 5) is 13.5. The van der Waals surface area contributed by atoms with Gasteiger partial charge in [-0.2, -0.15) is 0 Å². The molecule has 0 aliphatic rings. The van der Waals surface area contributed by atoms with Crippen molar-refractivity contribution >= 4 is 23.2 Å². The molecule has 0 radical (unpaired) electrons. The van der Waals surface area contributed by atoms with Crippen molar-refractivity contribution < 1.29 is 4.79 Å². The van der Waals surface area contributed by atoms with Crippen LogP contribution in [0.2, 0.25) is 5.02 Å². The van der Waals surface area contributed by atoms with Gasteiger partial charge in [-0.05, 0) is 42.8 Å². The molecule has 110 valence electrons. The molecule has 0 saturated heterocycles. The Labute approximate surface area is 130 Å². The van der Waals surface area contributed by atoms with Gasteiger partial charge in [0.2, 0.25) is 0 Å². The standard InChI is InChI=1S/C17H19ClN2O/c1-12(13-6-4-8-15(18)10-13)19-16-9-5-7-14(11-16)17(21)20(2)3/h4-12,19H,1-3H3. The topological polar surface area (TPSA) is 32.3 Å². The van der Waals surface area contributed by atoms with E-state index in [1.807, 2.05) is 48.5 Å². The molecule has 0 saturated carbocycles. The minimum absolute atomic E-state index is 0.00550. The van der Waals surface area contributed by atoms with E-state index in [2.05, 4.69) is 12.2 Å². The second kappa shape index (κ2) is 6.64. The first-order valence-corrected chi connectivity index (χ1v) is 7.19. The monoisotopic (exact) mass is 302 g/mol. The van der Waals surface area contributed by atoms with E-state index in [4.69, 9.17) is 11.6 Å². The lowest BCUT2D eigenvalue weighted by atomic mass is 10.1. The molecular formula is C17H19ClN2O. The van der Waals surface area contributed by atoms with Crippen LogP contribution in [0.25, 0.3) is 0 Å². The molecule has 2 aromatic rings. The SMILES string of the molecule is CC(Nc1cccc(C(=O)N(C)C)c1)c1cccc(Cl)c1. The highest BCUT2D eigenvalue weighted by Gasteiger charge is 2.10. The molecule has 21 heavy (non-hydrogen) atoms. The van der Waals surface area contributed by atoms with Gasteiger partial charge in [0.1, 0.15) is 0 Å². The predicted molar refractivity (Wildman–Crippen MR) is 87.9 cm³/mol. The van der Waals surface area contributed by atoms with Gasteiger partial charge in [-0.25, -0.2) is 0 Å². The molecule has 0 aliphatic heterocycles. The van der Waals surface area contributed by atoms with Gasteiger partial charge in [-0.15, -0.1) is 0 Å². The molecule has 0 aromatic heterocycles. The Hall–Kier alpha value is -2.00. The van der Waals surface area contributed by atoms with Gasteiger partial charge in [0.25, 0.3) is 5.91 Å². The van der Waals surface area contributed by atoms with Crippen molar-refractivity contribution in [3.05, 3.63) is 64.7 Å². The zero-order valence-electron chi connectivity index (χ0n) is 12.4. The minimum Gasteiger partial charge on any atom is -0.379 e. The number of benzene rings is 2. The average molecular weight is 303 g/mol. The Kier molecular flexibility index (Phi) is 4.86. The fourth-order valence-corrected chi connectivity index (χ4v) is 2.31. The van der Waals surface area contributed by atoms with E-state index < -0.39 is 0 Å². The number of rotatable bonds is 4. The highest BCUT2D eigenvalue weighted by molar-refractivity contribution is 6.30. The van der Waals surface area contributed by atoms with E-state index in [9.17, 15) is 4.79 Å². The van der Waals surface area contributed by atoms with Gasteiger partial charge in [0.15, 0.2) is 0 Å². The third kappa shape index (κ3) is 3.99. The number of hydrogen-bond donors (Lipinski definition) is 1. The summed E-state index contributed by atoms with van der Waals surface area (Å²) < 4.78 is 0. The maximum atomic E-state index is 12.0. The van der Waals surface area contributed by atoms with Crippen LogP contribution in [0.15, 0.2) is 48.5 Å². The summed E-state index contributed by atoms with van der Waals surface area (Å²) in [7, 11) is 3.49. The van der Waals surface area contributed by atoms with E-state index in [0.717, 1.165) is 16.3 Å².